The van der Waals surface area contributed by atoms with Gasteiger partial charge in [0.15, 0.2) is 0 Å². The Balaban J connectivity index is 1.43. The van der Waals surface area contributed by atoms with E-state index in [0.29, 0.717) is 0 Å². The first-order chi connectivity index (χ1) is 11.8. The van der Waals surface area contributed by atoms with Crippen molar-refractivity contribution in [2.24, 2.45) is 0 Å². The van der Waals surface area contributed by atoms with E-state index in [1.165, 1.54) is 32.1 Å². The van der Waals surface area contributed by atoms with Crippen LogP contribution in [0, 0.1) is 0 Å². The maximum Gasteiger partial charge on any atom is 0.253 e. The molecule has 1 aromatic carbocycles. The van der Waals surface area contributed by atoms with Gasteiger partial charge in [-0.1, -0.05) is 25.3 Å². The van der Waals surface area contributed by atoms with Gasteiger partial charge in [0.05, 0.1) is 0 Å². The normalized spacial score (nSPS) is 21.1. The fraction of sp³-hybridized carbons (Fsp3) is 0.550. The van der Waals surface area contributed by atoms with E-state index >= 15 is 0 Å². The number of carbonyl (C=O) groups excluding carboxylic acids is 1. The van der Waals surface area contributed by atoms with Crippen LogP contribution in [0.1, 0.15) is 48.9 Å². The van der Waals surface area contributed by atoms with Gasteiger partial charge in [-0.05, 0) is 42.8 Å². The SMILES string of the molecule is O=C(c1ccc2cc[nH]c2c1)N1CCCN(C2CCCCC2)CC1. The first kappa shape index (κ1) is 15.7. The molecule has 2 fully saturated rings. The summed E-state index contributed by atoms with van der Waals surface area (Å²) in [6.07, 6.45) is 9.85. The van der Waals surface area contributed by atoms with Crippen molar-refractivity contribution < 1.29 is 4.79 Å². The van der Waals surface area contributed by atoms with Crippen molar-refractivity contribution in [1.82, 2.24) is 14.8 Å². The lowest BCUT2D eigenvalue weighted by molar-refractivity contribution is 0.0755. The van der Waals surface area contributed by atoms with Crippen LogP contribution in [0.4, 0.5) is 0 Å². The summed E-state index contributed by atoms with van der Waals surface area (Å²) in [5.41, 5.74) is 1.84. The number of hydrogen-bond donors (Lipinski definition) is 1. The number of H-pyrrole nitrogens is 1. The molecule has 4 heteroatoms. The summed E-state index contributed by atoms with van der Waals surface area (Å²) >= 11 is 0. The van der Waals surface area contributed by atoms with E-state index in [1.807, 2.05) is 35.4 Å². The first-order valence-electron chi connectivity index (χ1n) is 9.42. The Kier molecular flexibility index (Phi) is 4.56. The zero-order chi connectivity index (χ0) is 16.4. The highest BCUT2D eigenvalue weighted by atomic mass is 16.2. The van der Waals surface area contributed by atoms with E-state index in [-0.39, 0.29) is 5.91 Å². The highest BCUT2D eigenvalue weighted by Crippen LogP contribution is 2.24. The van der Waals surface area contributed by atoms with Crippen molar-refractivity contribution in [3.05, 3.63) is 36.0 Å². The van der Waals surface area contributed by atoms with Crippen molar-refractivity contribution in [3.8, 4) is 0 Å². The van der Waals surface area contributed by atoms with Crippen LogP contribution in [0.5, 0.6) is 0 Å². The Morgan fingerprint density at radius 1 is 0.958 bits per heavy atom. The molecule has 2 aromatic rings. The topological polar surface area (TPSA) is 39.3 Å². The molecular formula is C20H27N3O. The molecular weight excluding hydrogens is 298 g/mol. The molecule has 1 aliphatic carbocycles. The summed E-state index contributed by atoms with van der Waals surface area (Å²) in [5.74, 6) is 0.178. The van der Waals surface area contributed by atoms with Gasteiger partial charge in [0.1, 0.15) is 0 Å². The predicted octanol–water partition coefficient (Wildman–Crippen LogP) is 3.65. The van der Waals surface area contributed by atoms with Crippen molar-refractivity contribution >= 4 is 16.8 Å². The smallest absolute Gasteiger partial charge is 0.253 e. The molecule has 1 N–H and O–H groups in total. The van der Waals surface area contributed by atoms with Gasteiger partial charge in [0, 0.05) is 49.5 Å². The van der Waals surface area contributed by atoms with Gasteiger partial charge in [0.25, 0.3) is 5.91 Å². The van der Waals surface area contributed by atoms with Crippen LogP contribution in [0.3, 0.4) is 0 Å². The average Bonchev–Trinajstić information content (AvgIpc) is 2.96. The second-order valence-corrected chi connectivity index (χ2v) is 7.25. The number of rotatable bonds is 2. The molecule has 4 rings (SSSR count). The number of aromatic nitrogens is 1. The van der Waals surface area contributed by atoms with Crippen molar-refractivity contribution in [2.45, 2.75) is 44.6 Å². The Morgan fingerprint density at radius 3 is 2.71 bits per heavy atom. The van der Waals surface area contributed by atoms with Crippen LogP contribution in [0.2, 0.25) is 0 Å². The number of nitrogens with one attached hydrogen (secondary N) is 1. The zero-order valence-electron chi connectivity index (χ0n) is 14.3. The number of hydrogen-bond acceptors (Lipinski definition) is 2. The van der Waals surface area contributed by atoms with E-state index in [2.05, 4.69) is 9.88 Å². The van der Waals surface area contributed by atoms with Crippen molar-refractivity contribution in [3.63, 3.8) is 0 Å². The summed E-state index contributed by atoms with van der Waals surface area (Å²) in [7, 11) is 0. The molecule has 1 amide bonds. The minimum absolute atomic E-state index is 0.178. The van der Waals surface area contributed by atoms with Crippen molar-refractivity contribution in [1.29, 1.82) is 0 Å². The second kappa shape index (κ2) is 6.98. The molecule has 4 nitrogen and oxygen atoms in total. The van der Waals surface area contributed by atoms with Crippen LogP contribution in [0.15, 0.2) is 30.5 Å². The molecule has 0 atom stereocenters. The van der Waals surface area contributed by atoms with Gasteiger partial charge in [-0.3, -0.25) is 9.69 Å². The van der Waals surface area contributed by atoms with E-state index in [9.17, 15) is 4.79 Å². The molecule has 1 saturated carbocycles. The zero-order valence-corrected chi connectivity index (χ0v) is 14.3. The molecule has 0 bridgehead atoms. The number of aromatic amines is 1. The van der Waals surface area contributed by atoms with Gasteiger partial charge in [-0.25, -0.2) is 0 Å². The Labute approximate surface area is 143 Å². The minimum atomic E-state index is 0.178. The van der Waals surface area contributed by atoms with Crippen LogP contribution >= 0.6 is 0 Å². The van der Waals surface area contributed by atoms with Crippen LogP contribution < -0.4 is 0 Å². The average molecular weight is 325 g/mol. The number of carbonyl (C=O) groups is 1. The van der Waals surface area contributed by atoms with Gasteiger partial charge in [-0.15, -0.1) is 0 Å². The third-order valence-electron chi connectivity index (χ3n) is 5.71. The maximum absolute atomic E-state index is 12.9. The Bertz CT molecular complexity index is 702. The van der Waals surface area contributed by atoms with Crippen LogP contribution in [0.25, 0.3) is 10.9 Å². The second-order valence-electron chi connectivity index (χ2n) is 7.25. The largest absolute Gasteiger partial charge is 0.361 e. The third kappa shape index (κ3) is 3.20. The fourth-order valence-corrected chi connectivity index (χ4v) is 4.32. The molecule has 128 valence electrons. The highest BCUT2D eigenvalue weighted by Gasteiger charge is 2.25. The number of amides is 1. The summed E-state index contributed by atoms with van der Waals surface area (Å²) in [5, 5.41) is 1.16. The molecule has 1 aliphatic heterocycles. The molecule has 1 saturated heterocycles. The van der Waals surface area contributed by atoms with E-state index < -0.39 is 0 Å². The fourth-order valence-electron chi connectivity index (χ4n) is 4.32. The number of fused-ring (bicyclic) bond motifs is 1. The van der Waals surface area contributed by atoms with Gasteiger partial charge >= 0.3 is 0 Å². The summed E-state index contributed by atoms with van der Waals surface area (Å²) in [4.78, 5) is 20.8. The first-order valence-corrected chi connectivity index (χ1v) is 9.42. The molecule has 0 radical (unpaired) electrons. The number of benzene rings is 1. The molecule has 0 spiro atoms. The Morgan fingerprint density at radius 2 is 1.83 bits per heavy atom. The predicted molar refractivity (Wildman–Crippen MR) is 97.3 cm³/mol. The van der Waals surface area contributed by atoms with Gasteiger partial charge in [0.2, 0.25) is 0 Å². The summed E-state index contributed by atoms with van der Waals surface area (Å²) in [6, 6.07) is 8.77. The monoisotopic (exact) mass is 325 g/mol. The molecule has 1 aromatic heterocycles. The minimum Gasteiger partial charge on any atom is -0.361 e. The standard InChI is InChI=1S/C20H27N3O/c24-20(17-8-7-16-9-10-21-19(16)15-17)23-12-4-11-22(13-14-23)18-5-2-1-3-6-18/h7-10,15,18,21H,1-6,11-14H2. The van der Waals surface area contributed by atoms with Gasteiger partial charge in [-0.2, -0.15) is 0 Å². The van der Waals surface area contributed by atoms with E-state index in [0.717, 1.165) is 55.1 Å². The van der Waals surface area contributed by atoms with E-state index in [4.69, 9.17) is 0 Å². The summed E-state index contributed by atoms with van der Waals surface area (Å²) in [6.45, 7) is 3.91. The molecule has 0 unspecified atom stereocenters. The van der Waals surface area contributed by atoms with Crippen LogP contribution in [-0.2, 0) is 0 Å². The highest BCUT2D eigenvalue weighted by molar-refractivity contribution is 5.97. The van der Waals surface area contributed by atoms with Crippen molar-refractivity contribution in [2.75, 3.05) is 26.2 Å². The van der Waals surface area contributed by atoms with Crippen LogP contribution in [-0.4, -0.2) is 52.9 Å². The Hall–Kier alpha value is -1.81. The summed E-state index contributed by atoms with van der Waals surface area (Å²) < 4.78 is 0. The maximum atomic E-state index is 12.9. The van der Waals surface area contributed by atoms with E-state index in [1.54, 1.807) is 0 Å². The lowest BCUT2D eigenvalue weighted by Crippen LogP contribution is -2.40. The molecule has 2 aliphatic rings. The lowest BCUT2D eigenvalue weighted by atomic mass is 9.94. The molecule has 2 heterocycles. The molecule has 24 heavy (non-hydrogen) atoms. The third-order valence-corrected chi connectivity index (χ3v) is 5.71. The van der Waals surface area contributed by atoms with Gasteiger partial charge < -0.3 is 9.88 Å². The number of nitrogens with zero attached hydrogens (tertiary/aromatic N) is 2. The quantitative estimate of drug-likeness (QED) is 0.915. The lowest BCUT2D eigenvalue weighted by Gasteiger charge is -2.33.